The molecule has 1 aromatic heterocycles. The molecule has 0 saturated carbocycles. The molecule has 0 saturated heterocycles. The number of carbonyl (C=O) groups is 1. The zero-order valence-electron chi connectivity index (χ0n) is 16.9. The van der Waals surface area contributed by atoms with Crippen molar-refractivity contribution in [2.24, 2.45) is 0 Å². The average Bonchev–Trinajstić information content (AvgIpc) is 2.80. The summed E-state index contributed by atoms with van der Waals surface area (Å²) < 4.78 is 13.3. The molecule has 0 aliphatic heterocycles. The summed E-state index contributed by atoms with van der Waals surface area (Å²) >= 11 is 1.38. The van der Waals surface area contributed by atoms with E-state index in [0.717, 1.165) is 33.7 Å². The lowest BCUT2D eigenvalue weighted by Gasteiger charge is -2.10. The predicted molar refractivity (Wildman–Crippen MR) is 123 cm³/mol. The summed E-state index contributed by atoms with van der Waals surface area (Å²) in [4.78, 5) is 21.9. The van der Waals surface area contributed by atoms with Gasteiger partial charge in [0, 0.05) is 13.0 Å². The molecule has 4 nitrogen and oxygen atoms in total. The van der Waals surface area contributed by atoms with Crippen LogP contribution in [-0.2, 0) is 17.6 Å². The highest BCUT2D eigenvalue weighted by molar-refractivity contribution is 7.99. The van der Waals surface area contributed by atoms with Gasteiger partial charge in [-0.3, -0.25) is 4.79 Å². The minimum atomic E-state index is -0.268. The van der Waals surface area contributed by atoms with Gasteiger partial charge in [0.1, 0.15) is 10.8 Å². The molecule has 156 valence electrons. The third-order valence-corrected chi connectivity index (χ3v) is 5.82. The van der Waals surface area contributed by atoms with E-state index in [-0.39, 0.29) is 17.5 Å². The summed E-state index contributed by atoms with van der Waals surface area (Å²) in [6, 6.07) is 24.1. The zero-order chi connectivity index (χ0) is 21.5. The number of hydrogen-bond donors (Lipinski definition) is 1. The second kappa shape index (κ2) is 10.2. The van der Waals surface area contributed by atoms with Gasteiger partial charge in [0.2, 0.25) is 5.91 Å². The number of hydrogen-bond acceptors (Lipinski definition) is 4. The van der Waals surface area contributed by atoms with Crippen molar-refractivity contribution in [3.8, 4) is 0 Å². The van der Waals surface area contributed by atoms with Gasteiger partial charge < -0.3 is 5.32 Å². The van der Waals surface area contributed by atoms with Gasteiger partial charge in [-0.05, 0) is 41.8 Å². The molecular weight excluding hydrogens is 409 g/mol. The van der Waals surface area contributed by atoms with E-state index in [2.05, 4.69) is 5.32 Å². The zero-order valence-corrected chi connectivity index (χ0v) is 17.7. The van der Waals surface area contributed by atoms with E-state index in [9.17, 15) is 9.18 Å². The second-order valence-electron chi connectivity index (χ2n) is 7.14. The van der Waals surface area contributed by atoms with Gasteiger partial charge in [-0.1, -0.05) is 66.4 Å². The van der Waals surface area contributed by atoms with E-state index in [1.165, 1.54) is 29.5 Å². The third-order valence-electron chi connectivity index (χ3n) is 4.81. The molecule has 0 fully saturated rings. The van der Waals surface area contributed by atoms with Crippen LogP contribution >= 0.6 is 11.8 Å². The Hall–Kier alpha value is -3.25. The second-order valence-corrected chi connectivity index (χ2v) is 8.11. The highest BCUT2D eigenvalue weighted by Gasteiger charge is 2.13. The molecule has 0 spiro atoms. The molecular formula is C25H22FN3OS. The molecule has 4 rings (SSSR count). The highest BCUT2D eigenvalue weighted by atomic mass is 32.2. The number of aromatic nitrogens is 2. The van der Waals surface area contributed by atoms with E-state index in [0.29, 0.717) is 13.0 Å². The standard InChI is InChI=1S/C25H22FN3OS/c26-20-12-10-19(11-13-20)16-23-25(29-22-9-5-4-8-21(22)28-23)31-17-24(30)27-15-14-18-6-2-1-3-7-18/h1-13H,14-17H2,(H,27,30). The van der Waals surface area contributed by atoms with Crippen LogP contribution in [0.5, 0.6) is 0 Å². The molecule has 1 amide bonds. The van der Waals surface area contributed by atoms with Crippen molar-refractivity contribution in [3.05, 3.63) is 102 Å². The van der Waals surface area contributed by atoms with Gasteiger partial charge >= 0.3 is 0 Å². The van der Waals surface area contributed by atoms with Crippen molar-refractivity contribution >= 4 is 28.7 Å². The lowest BCUT2D eigenvalue weighted by atomic mass is 10.1. The summed E-state index contributed by atoms with van der Waals surface area (Å²) in [5.74, 6) is -0.0446. The summed E-state index contributed by atoms with van der Waals surface area (Å²) in [6.45, 7) is 0.593. The van der Waals surface area contributed by atoms with E-state index in [4.69, 9.17) is 9.97 Å². The largest absolute Gasteiger partial charge is 0.355 e. The molecule has 1 heterocycles. The molecule has 31 heavy (non-hydrogen) atoms. The van der Waals surface area contributed by atoms with Gasteiger partial charge in [0.25, 0.3) is 0 Å². The first-order chi connectivity index (χ1) is 15.2. The van der Waals surface area contributed by atoms with Crippen LogP contribution in [0.3, 0.4) is 0 Å². The number of benzene rings is 3. The molecule has 0 radical (unpaired) electrons. The van der Waals surface area contributed by atoms with Gasteiger partial charge in [0.15, 0.2) is 0 Å². The van der Waals surface area contributed by atoms with E-state index >= 15 is 0 Å². The Labute approximate surface area is 184 Å². The molecule has 0 unspecified atom stereocenters. The number of nitrogens with zero attached hydrogens (tertiary/aromatic N) is 2. The summed E-state index contributed by atoms with van der Waals surface area (Å²) in [5, 5.41) is 3.69. The van der Waals surface area contributed by atoms with Crippen molar-refractivity contribution in [1.29, 1.82) is 0 Å². The number of amides is 1. The molecule has 0 aliphatic rings. The fourth-order valence-corrected chi connectivity index (χ4v) is 4.04. The van der Waals surface area contributed by atoms with E-state index in [1.54, 1.807) is 12.1 Å². The number of para-hydroxylation sites is 2. The fourth-order valence-electron chi connectivity index (χ4n) is 3.22. The molecule has 6 heteroatoms. The van der Waals surface area contributed by atoms with Gasteiger partial charge in [-0.15, -0.1) is 0 Å². The lowest BCUT2D eigenvalue weighted by molar-refractivity contribution is -0.118. The van der Waals surface area contributed by atoms with Crippen molar-refractivity contribution in [3.63, 3.8) is 0 Å². The van der Waals surface area contributed by atoms with Crippen LogP contribution in [0.15, 0.2) is 83.9 Å². The van der Waals surface area contributed by atoms with Crippen molar-refractivity contribution in [2.75, 3.05) is 12.3 Å². The number of carbonyl (C=O) groups excluding carboxylic acids is 1. The Morgan fingerprint density at radius 3 is 2.26 bits per heavy atom. The van der Waals surface area contributed by atoms with Crippen LogP contribution in [0.1, 0.15) is 16.8 Å². The Morgan fingerprint density at radius 2 is 1.52 bits per heavy atom. The minimum absolute atomic E-state index is 0.0383. The van der Waals surface area contributed by atoms with Gasteiger partial charge in [-0.25, -0.2) is 14.4 Å². The topological polar surface area (TPSA) is 54.9 Å². The van der Waals surface area contributed by atoms with Gasteiger partial charge in [0.05, 0.1) is 22.5 Å². The maximum Gasteiger partial charge on any atom is 0.230 e. The Morgan fingerprint density at radius 1 is 0.839 bits per heavy atom. The predicted octanol–water partition coefficient (Wildman–Crippen LogP) is 4.81. The normalized spacial score (nSPS) is 10.9. The number of halogens is 1. The lowest BCUT2D eigenvalue weighted by Crippen LogP contribution is -2.27. The van der Waals surface area contributed by atoms with Crippen molar-refractivity contribution < 1.29 is 9.18 Å². The van der Waals surface area contributed by atoms with Crippen LogP contribution in [0.2, 0.25) is 0 Å². The molecule has 4 aromatic rings. The van der Waals surface area contributed by atoms with E-state index in [1.807, 2.05) is 54.6 Å². The Balaban J connectivity index is 1.43. The molecule has 0 bridgehead atoms. The van der Waals surface area contributed by atoms with Crippen molar-refractivity contribution in [1.82, 2.24) is 15.3 Å². The maximum atomic E-state index is 13.3. The van der Waals surface area contributed by atoms with Crippen LogP contribution in [-0.4, -0.2) is 28.2 Å². The highest BCUT2D eigenvalue weighted by Crippen LogP contribution is 2.24. The van der Waals surface area contributed by atoms with Crippen LogP contribution < -0.4 is 5.32 Å². The Bertz CT molecular complexity index is 1170. The molecule has 3 aromatic carbocycles. The maximum absolute atomic E-state index is 13.3. The first kappa shape index (κ1) is 21.0. The first-order valence-corrected chi connectivity index (χ1v) is 11.1. The summed E-state index contributed by atoms with van der Waals surface area (Å²) in [5.41, 5.74) is 4.51. The summed E-state index contributed by atoms with van der Waals surface area (Å²) in [6.07, 6.45) is 1.32. The Kier molecular flexibility index (Phi) is 6.89. The summed E-state index contributed by atoms with van der Waals surface area (Å²) in [7, 11) is 0. The van der Waals surface area contributed by atoms with Crippen LogP contribution in [0, 0.1) is 5.82 Å². The molecule has 0 atom stereocenters. The number of rotatable bonds is 8. The molecule has 1 N–H and O–H groups in total. The average molecular weight is 432 g/mol. The smallest absolute Gasteiger partial charge is 0.230 e. The number of fused-ring (bicyclic) bond motifs is 1. The monoisotopic (exact) mass is 431 g/mol. The van der Waals surface area contributed by atoms with Crippen LogP contribution in [0.25, 0.3) is 11.0 Å². The molecule has 0 aliphatic carbocycles. The SMILES string of the molecule is O=C(CSc1nc2ccccc2nc1Cc1ccc(F)cc1)NCCc1ccccc1. The number of nitrogens with one attached hydrogen (secondary N) is 1. The van der Waals surface area contributed by atoms with E-state index < -0.39 is 0 Å². The number of thioether (sulfide) groups is 1. The first-order valence-electron chi connectivity index (χ1n) is 10.1. The van der Waals surface area contributed by atoms with Crippen molar-refractivity contribution in [2.45, 2.75) is 17.9 Å². The minimum Gasteiger partial charge on any atom is -0.355 e. The van der Waals surface area contributed by atoms with Crippen LogP contribution in [0.4, 0.5) is 4.39 Å². The third kappa shape index (κ3) is 5.89. The quantitative estimate of drug-likeness (QED) is 0.407. The fraction of sp³-hybridized carbons (Fsp3) is 0.160. The van der Waals surface area contributed by atoms with Gasteiger partial charge in [-0.2, -0.15) is 0 Å².